The maximum Gasteiger partial charge on any atom is 0.225 e. The van der Waals surface area contributed by atoms with Crippen molar-refractivity contribution in [3.63, 3.8) is 0 Å². The Morgan fingerprint density at radius 1 is 0.800 bits per heavy atom. The van der Waals surface area contributed by atoms with Gasteiger partial charge in [-0.05, 0) is 34.9 Å². The van der Waals surface area contributed by atoms with Crippen LogP contribution in [0.15, 0.2) is 48.5 Å². The van der Waals surface area contributed by atoms with E-state index in [4.69, 9.17) is 34.8 Å². The van der Waals surface area contributed by atoms with Crippen molar-refractivity contribution in [3.8, 4) is 0 Å². The average Bonchev–Trinajstić information content (AvgIpc) is 2.59. The number of rotatable bonds is 1. The fraction of sp³-hybridized carbons (Fsp3) is 0.158. The van der Waals surface area contributed by atoms with Crippen LogP contribution in [0.5, 0.6) is 0 Å². The number of hydrogen-bond acceptors (Lipinski definition) is 3. The Labute approximate surface area is 161 Å². The number of benzene rings is 2. The second-order valence-corrected chi connectivity index (χ2v) is 7.49. The molecule has 0 fully saturated rings. The smallest absolute Gasteiger partial charge is 0.225 e. The third kappa shape index (κ3) is 2.50. The van der Waals surface area contributed by atoms with E-state index in [1.807, 2.05) is 41.3 Å². The normalized spacial score (nSPS) is 14.8. The zero-order chi connectivity index (χ0) is 17.8. The Morgan fingerprint density at radius 3 is 1.88 bits per heavy atom. The number of hydrogen-bond donors (Lipinski definition) is 0. The van der Waals surface area contributed by atoms with Gasteiger partial charge in [0.25, 0.3) is 0 Å². The monoisotopic (exact) mass is 389 g/mol. The lowest BCUT2D eigenvalue weighted by atomic mass is 9.73. The first-order chi connectivity index (χ1) is 11.9. The molecule has 4 rings (SSSR count). The highest BCUT2D eigenvalue weighted by atomic mass is 35.5. The van der Waals surface area contributed by atoms with Gasteiger partial charge in [0.2, 0.25) is 5.28 Å². The third-order valence-electron chi connectivity index (χ3n) is 4.61. The number of fused-ring (bicyclic) bond motifs is 2. The van der Waals surface area contributed by atoms with Crippen molar-refractivity contribution in [2.24, 2.45) is 0 Å². The zero-order valence-electron chi connectivity index (χ0n) is 13.6. The molecule has 0 saturated carbocycles. The standard InChI is InChI=1S/C19H14Cl3N3/c1-19(2)11-7-3-5-9-13(11)25(14-10-6-4-8-12(14)19)17-15(20)16(21)23-18(22)24-17/h3-10H,1-2H3. The van der Waals surface area contributed by atoms with Crippen LogP contribution in [0.1, 0.15) is 25.0 Å². The van der Waals surface area contributed by atoms with Gasteiger partial charge in [0.1, 0.15) is 5.02 Å². The topological polar surface area (TPSA) is 29.0 Å². The lowest BCUT2D eigenvalue weighted by molar-refractivity contribution is 0.631. The van der Waals surface area contributed by atoms with Gasteiger partial charge >= 0.3 is 0 Å². The molecule has 0 amide bonds. The van der Waals surface area contributed by atoms with Crippen LogP contribution in [0.3, 0.4) is 0 Å². The van der Waals surface area contributed by atoms with Crippen molar-refractivity contribution >= 4 is 52.0 Å². The van der Waals surface area contributed by atoms with Crippen molar-refractivity contribution in [1.29, 1.82) is 0 Å². The summed E-state index contributed by atoms with van der Waals surface area (Å²) in [6.07, 6.45) is 0. The number of nitrogens with zero attached hydrogens (tertiary/aromatic N) is 3. The Hall–Kier alpha value is -1.81. The summed E-state index contributed by atoms with van der Waals surface area (Å²) in [6, 6.07) is 16.4. The second-order valence-electron chi connectivity index (χ2n) is 6.42. The van der Waals surface area contributed by atoms with Gasteiger partial charge in [0, 0.05) is 5.41 Å². The maximum absolute atomic E-state index is 6.45. The van der Waals surface area contributed by atoms with E-state index in [1.165, 1.54) is 11.1 Å². The minimum atomic E-state index is -0.156. The fourth-order valence-corrected chi connectivity index (χ4v) is 3.97. The van der Waals surface area contributed by atoms with Crippen molar-refractivity contribution in [2.75, 3.05) is 4.90 Å². The molecule has 6 heteroatoms. The maximum atomic E-state index is 6.45. The molecule has 0 radical (unpaired) electrons. The summed E-state index contributed by atoms with van der Waals surface area (Å²) in [5, 5.41) is 0.469. The molecule has 2 heterocycles. The molecule has 25 heavy (non-hydrogen) atoms. The van der Waals surface area contributed by atoms with E-state index in [0.29, 0.717) is 5.82 Å². The van der Waals surface area contributed by atoms with Gasteiger partial charge < -0.3 is 0 Å². The largest absolute Gasteiger partial charge is 0.293 e. The summed E-state index contributed by atoms with van der Waals surface area (Å²) in [4.78, 5) is 10.3. The molecule has 126 valence electrons. The molecular weight excluding hydrogens is 377 g/mol. The predicted octanol–water partition coefficient (Wildman–Crippen LogP) is 6.55. The SMILES string of the molecule is CC1(C)c2ccccc2N(c2nc(Cl)nc(Cl)c2Cl)c2ccccc21. The summed E-state index contributed by atoms with van der Waals surface area (Å²) in [6.45, 7) is 4.42. The highest BCUT2D eigenvalue weighted by molar-refractivity contribution is 6.43. The molecule has 1 aliphatic heterocycles. The van der Waals surface area contributed by atoms with Crippen molar-refractivity contribution in [3.05, 3.63) is 75.1 Å². The fourth-order valence-electron chi connectivity index (χ4n) is 3.43. The molecule has 0 atom stereocenters. The zero-order valence-corrected chi connectivity index (χ0v) is 15.9. The quantitative estimate of drug-likeness (QED) is 0.348. The summed E-state index contributed by atoms with van der Waals surface area (Å²) >= 11 is 18.7. The van der Waals surface area contributed by atoms with Gasteiger partial charge in [0.05, 0.1) is 11.4 Å². The predicted molar refractivity (Wildman–Crippen MR) is 104 cm³/mol. The molecule has 1 aliphatic rings. The van der Waals surface area contributed by atoms with Crippen LogP contribution in [0.25, 0.3) is 0 Å². The number of halogens is 3. The minimum Gasteiger partial charge on any atom is -0.293 e. The Balaban J connectivity index is 2.08. The third-order valence-corrected chi connectivity index (χ3v) is 5.50. The Kier molecular flexibility index (Phi) is 3.91. The lowest BCUT2D eigenvalue weighted by Gasteiger charge is -2.41. The summed E-state index contributed by atoms with van der Waals surface area (Å²) < 4.78 is 0. The van der Waals surface area contributed by atoms with Gasteiger partial charge in [-0.1, -0.05) is 73.4 Å². The highest BCUT2D eigenvalue weighted by Gasteiger charge is 2.37. The van der Waals surface area contributed by atoms with Crippen LogP contribution in [0.4, 0.5) is 17.2 Å². The number of para-hydroxylation sites is 2. The average molecular weight is 391 g/mol. The molecule has 0 bridgehead atoms. The summed E-state index contributed by atoms with van der Waals surface area (Å²) in [5.74, 6) is 0.474. The van der Waals surface area contributed by atoms with E-state index in [-0.39, 0.29) is 20.9 Å². The van der Waals surface area contributed by atoms with Gasteiger partial charge in [-0.3, -0.25) is 4.90 Å². The van der Waals surface area contributed by atoms with Crippen molar-refractivity contribution < 1.29 is 0 Å². The van der Waals surface area contributed by atoms with Gasteiger partial charge in [-0.15, -0.1) is 0 Å². The van der Waals surface area contributed by atoms with Gasteiger partial charge in [-0.2, -0.15) is 4.98 Å². The van der Waals surface area contributed by atoms with Crippen LogP contribution >= 0.6 is 34.8 Å². The molecule has 1 aromatic heterocycles. The van der Waals surface area contributed by atoms with Crippen LogP contribution in [0, 0.1) is 0 Å². The molecule has 0 saturated heterocycles. The van der Waals surface area contributed by atoms with Gasteiger partial charge in [-0.25, -0.2) is 4.98 Å². The highest BCUT2D eigenvalue weighted by Crippen LogP contribution is 2.52. The first kappa shape index (κ1) is 16.6. The molecule has 3 nitrogen and oxygen atoms in total. The second kappa shape index (κ2) is 5.87. The van der Waals surface area contributed by atoms with Crippen LogP contribution in [0.2, 0.25) is 15.5 Å². The van der Waals surface area contributed by atoms with E-state index >= 15 is 0 Å². The van der Waals surface area contributed by atoms with Crippen LogP contribution < -0.4 is 4.90 Å². The number of anilines is 3. The summed E-state index contributed by atoms with van der Waals surface area (Å²) in [5.41, 5.74) is 4.20. The molecule has 3 aromatic rings. The minimum absolute atomic E-state index is 0.0594. The van der Waals surface area contributed by atoms with Crippen molar-refractivity contribution in [1.82, 2.24) is 9.97 Å². The van der Waals surface area contributed by atoms with E-state index in [0.717, 1.165) is 11.4 Å². The lowest BCUT2D eigenvalue weighted by Crippen LogP contribution is -2.31. The summed E-state index contributed by atoms with van der Waals surface area (Å²) in [7, 11) is 0. The first-order valence-electron chi connectivity index (χ1n) is 7.79. The van der Waals surface area contributed by atoms with E-state index in [2.05, 4.69) is 35.9 Å². The molecule has 0 N–H and O–H groups in total. The molecule has 0 aliphatic carbocycles. The first-order valence-corrected chi connectivity index (χ1v) is 8.92. The Morgan fingerprint density at radius 2 is 1.32 bits per heavy atom. The molecular formula is C19H14Cl3N3. The van der Waals surface area contributed by atoms with E-state index in [9.17, 15) is 0 Å². The van der Waals surface area contributed by atoms with Crippen LogP contribution in [-0.2, 0) is 5.41 Å². The van der Waals surface area contributed by atoms with E-state index < -0.39 is 0 Å². The van der Waals surface area contributed by atoms with E-state index in [1.54, 1.807) is 0 Å². The number of aromatic nitrogens is 2. The van der Waals surface area contributed by atoms with Gasteiger partial charge in [0.15, 0.2) is 11.0 Å². The molecule has 0 unspecified atom stereocenters. The van der Waals surface area contributed by atoms with Crippen molar-refractivity contribution in [2.45, 2.75) is 19.3 Å². The van der Waals surface area contributed by atoms with Crippen LogP contribution in [-0.4, -0.2) is 9.97 Å². The molecule has 2 aromatic carbocycles. The Bertz CT molecular complexity index is 936. The molecule has 0 spiro atoms.